The lowest BCUT2D eigenvalue weighted by atomic mass is 10.2. The molecule has 0 fully saturated rings. The minimum Gasteiger partial charge on any atom is -0.462 e. The predicted octanol–water partition coefficient (Wildman–Crippen LogP) is 3.98. The Hall–Kier alpha value is -2.34. The lowest BCUT2D eigenvalue weighted by Crippen LogP contribution is -2.23. The Morgan fingerprint density at radius 2 is 1.92 bits per heavy atom. The summed E-state index contributed by atoms with van der Waals surface area (Å²) in [5, 5.41) is 5.78. The number of carbonyl (C=O) groups excluding carboxylic acids is 2. The maximum Gasteiger partial charge on any atom is 0.340 e. The molecule has 2 rings (SSSR count). The number of carbonyl (C=O) groups is 2. The van der Waals surface area contributed by atoms with Crippen LogP contribution in [0.15, 0.2) is 46.9 Å². The van der Waals surface area contributed by atoms with Gasteiger partial charge in [0.2, 0.25) is 5.91 Å². The van der Waals surface area contributed by atoms with Crippen LogP contribution in [0.4, 0.5) is 11.4 Å². The Labute approximate surface area is 149 Å². The molecule has 2 aromatic rings. The third-order valence-electron chi connectivity index (χ3n) is 3.32. The average molecular weight is 391 g/mol. The molecule has 0 unspecified atom stereocenters. The van der Waals surface area contributed by atoms with Gasteiger partial charge in [-0.25, -0.2) is 4.79 Å². The highest BCUT2D eigenvalue weighted by atomic mass is 79.9. The van der Waals surface area contributed by atoms with Gasteiger partial charge in [-0.3, -0.25) is 4.79 Å². The molecule has 0 saturated carbocycles. The summed E-state index contributed by atoms with van der Waals surface area (Å²) in [5.41, 5.74) is 2.73. The summed E-state index contributed by atoms with van der Waals surface area (Å²) in [5.74, 6) is -0.702. The number of rotatable bonds is 6. The first-order chi connectivity index (χ1) is 11.5. The number of amides is 1. The van der Waals surface area contributed by atoms with Crippen molar-refractivity contribution in [2.75, 3.05) is 23.8 Å². The molecular weight excluding hydrogens is 372 g/mol. The van der Waals surface area contributed by atoms with Crippen LogP contribution in [0.5, 0.6) is 0 Å². The lowest BCUT2D eigenvalue weighted by molar-refractivity contribution is -0.114. The first-order valence-corrected chi connectivity index (χ1v) is 8.36. The maximum absolute atomic E-state index is 12.1. The van der Waals surface area contributed by atoms with E-state index in [2.05, 4.69) is 26.6 Å². The van der Waals surface area contributed by atoms with Crippen molar-refractivity contribution in [1.82, 2.24) is 0 Å². The van der Waals surface area contributed by atoms with Crippen LogP contribution in [-0.2, 0) is 9.53 Å². The van der Waals surface area contributed by atoms with Gasteiger partial charge in [-0.15, -0.1) is 0 Å². The molecule has 0 bridgehead atoms. The Morgan fingerprint density at radius 1 is 1.17 bits per heavy atom. The van der Waals surface area contributed by atoms with Crippen molar-refractivity contribution in [1.29, 1.82) is 0 Å². The van der Waals surface area contributed by atoms with Gasteiger partial charge in [0.05, 0.1) is 24.4 Å². The molecule has 5 nitrogen and oxygen atoms in total. The van der Waals surface area contributed by atoms with Gasteiger partial charge in [0.1, 0.15) is 0 Å². The van der Waals surface area contributed by atoms with Gasteiger partial charge in [0.25, 0.3) is 0 Å². The number of hydrogen-bond donors (Lipinski definition) is 2. The molecule has 0 aliphatic rings. The molecule has 2 aromatic carbocycles. The Balaban J connectivity index is 1.99. The number of benzene rings is 2. The van der Waals surface area contributed by atoms with E-state index in [4.69, 9.17) is 4.74 Å². The van der Waals surface area contributed by atoms with Crippen molar-refractivity contribution in [3.63, 3.8) is 0 Å². The molecule has 0 aliphatic carbocycles. The van der Waals surface area contributed by atoms with E-state index in [0.717, 1.165) is 15.7 Å². The molecule has 0 atom stereocenters. The zero-order chi connectivity index (χ0) is 17.5. The van der Waals surface area contributed by atoms with Crippen molar-refractivity contribution >= 4 is 39.2 Å². The van der Waals surface area contributed by atoms with E-state index in [1.165, 1.54) is 0 Å². The second-order valence-corrected chi connectivity index (χ2v) is 5.99. The van der Waals surface area contributed by atoms with E-state index in [0.29, 0.717) is 11.3 Å². The van der Waals surface area contributed by atoms with Crippen LogP contribution in [-0.4, -0.2) is 25.0 Å². The van der Waals surface area contributed by atoms with E-state index in [-0.39, 0.29) is 19.1 Å². The lowest BCUT2D eigenvalue weighted by Gasteiger charge is -2.11. The zero-order valence-electron chi connectivity index (χ0n) is 13.6. The molecule has 126 valence electrons. The van der Waals surface area contributed by atoms with Crippen molar-refractivity contribution in [3.8, 4) is 0 Å². The van der Waals surface area contributed by atoms with Crippen LogP contribution >= 0.6 is 15.9 Å². The summed E-state index contributed by atoms with van der Waals surface area (Å²) in [4.78, 5) is 24.0. The van der Waals surface area contributed by atoms with Gasteiger partial charge in [0, 0.05) is 10.2 Å². The number of aryl methyl sites for hydroxylation is 1. The van der Waals surface area contributed by atoms with Crippen LogP contribution in [0, 0.1) is 6.92 Å². The molecule has 0 radical (unpaired) electrons. The van der Waals surface area contributed by atoms with Gasteiger partial charge in [-0.2, -0.15) is 0 Å². The number of ether oxygens (including phenoxy) is 1. The number of esters is 1. The van der Waals surface area contributed by atoms with Crippen molar-refractivity contribution in [2.24, 2.45) is 0 Å². The second-order valence-electron chi connectivity index (χ2n) is 5.13. The number of hydrogen-bond acceptors (Lipinski definition) is 4. The molecule has 24 heavy (non-hydrogen) atoms. The fraction of sp³-hybridized carbons (Fsp3) is 0.222. The molecule has 6 heteroatoms. The normalized spacial score (nSPS) is 10.1. The molecule has 0 heterocycles. The van der Waals surface area contributed by atoms with Crippen LogP contribution in [0.25, 0.3) is 0 Å². The van der Waals surface area contributed by atoms with Crippen LogP contribution in [0.3, 0.4) is 0 Å². The highest BCUT2D eigenvalue weighted by Gasteiger charge is 2.13. The van der Waals surface area contributed by atoms with Crippen molar-refractivity contribution in [2.45, 2.75) is 13.8 Å². The van der Waals surface area contributed by atoms with Gasteiger partial charge < -0.3 is 15.4 Å². The topological polar surface area (TPSA) is 67.4 Å². The largest absolute Gasteiger partial charge is 0.462 e. The smallest absolute Gasteiger partial charge is 0.340 e. The zero-order valence-corrected chi connectivity index (χ0v) is 15.1. The molecule has 0 saturated heterocycles. The first kappa shape index (κ1) is 18.0. The highest BCUT2D eigenvalue weighted by Crippen LogP contribution is 2.20. The van der Waals surface area contributed by atoms with E-state index in [1.807, 2.05) is 25.1 Å². The third kappa shape index (κ3) is 4.83. The molecule has 0 aromatic heterocycles. The van der Waals surface area contributed by atoms with Gasteiger partial charge in [0.15, 0.2) is 0 Å². The van der Waals surface area contributed by atoms with Crippen LogP contribution in [0.2, 0.25) is 0 Å². The maximum atomic E-state index is 12.1. The van der Waals surface area contributed by atoms with Gasteiger partial charge in [-0.05, 0) is 43.7 Å². The summed E-state index contributed by atoms with van der Waals surface area (Å²) < 4.78 is 5.97. The molecule has 1 amide bonds. The first-order valence-electron chi connectivity index (χ1n) is 7.57. The summed E-state index contributed by atoms with van der Waals surface area (Å²) in [7, 11) is 0. The molecule has 0 aliphatic heterocycles. The Bertz CT molecular complexity index is 747. The second kappa shape index (κ2) is 8.49. The molecular formula is C18H19BrN2O3. The van der Waals surface area contributed by atoms with E-state index in [9.17, 15) is 9.59 Å². The molecule has 0 spiro atoms. The quantitative estimate of drug-likeness (QED) is 0.731. The van der Waals surface area contributed by atoms with E-state index in [1.54, 1.807) is 31.2 Å². The van der Waals surface area contributed by atoms with Gasteiger partial charge >= 0.3 is 5.97 Å². The summed E-state index contributed by atoms with van der Waals surface area (Å²) in [6.07, 6.45) is 0. The average Bonchev–Trinajstić information content (AvgIpc) is 2.56. The summed E-state index contributed by atoms with van der Waals surface area (Å²) >= 11 is 3.46. The van der Waals surface area contributed by atoms with Crippen LogP contribution < -0.4 is 10.6 Å². The van der Waals surface area contributed by atoms with Crippen molar-refractivity contribution < 1.29 is 14.3 Å². The number of anilines is 2. The van der Waals surface area contributed by atoms with E-state index >= 15 is 0 Å². The summed E-state index contributed by atoms with van der Waals surface area (Å²) in [6.45, 7) is 4.10. The number of halogens is 1. The SMILES string of the molecule is CCOC(=O)c1ccccc1NC(=O)CNc1ccc(C)c(Br)c1. The van der Waals surface area contributed by atoms with Crippen molar-refractivity contribution in [3.05, 3.63) is 58.1 Å². The number of nitrogens with one attached hydrogen (secondary N) is 2. The third-order valence-corrected chi connectivity index (χ3v) is 4.18. The van der Waals surface area contributed by atoms with E-state index < -0.39 is 5.97 Å². The number of para-hydroxylation sites is 1. The fourth-order valence-electron chi connectivity index (χ4n) is 2.06. The standard InChI is InChI=1S/C18H19BrN2O3/c1-3-24-18(23)14-6-4-5-7-16(14)21-17(22)11-20-13-9-8-12(2)15(19)10-13/h4-10,20H,3,11H2,1-2H3,(H,21,22). The summed E-state index contributed by atoms with van der Waals surface area (Å²) in [6, 6.07) is 12.5. The minimum absolute atomic E-state index is 0.0899. The predicted molar refractivity (Wildman–Crippen MR) is 98.4 cm³/mol. The Morgan fingerprint density at radius 3 is 2.62 bits per heavy atom. The minimum atomic E-state index is -0.455. The fourth-order valence-corrected chi connectivity index (χ4v) is 2.44. The highest BCUT2D eigenvalue weighted by molar-refractivity contribution is 9.10. The van der Waals surface area contributed by atoms with Gasteiger partial charge in [-0.1, -0.05) is 34.1 Å². The molecule has 2 N–H and O–H groups in total. The van der Waals surface area contributed by atoms with Crippen LogP contribution in [0.1, 0.15) is 22.8 Å². The Kier molecular flexibility index (Phi) is 6.37. The monoisotopic (exact) mass is 390 g/mol.